The van der Waals surface area contributed by atoms with Crippen LogP contribution in [0.4, 0.5) is 10.3 Å². The minimum atomic E-state index is -1.11. The lowest BCUT2D eigenvalue weighted by molar-refractivity contribution is 0.0663. The summed E-state index contributed by atoms with van der Waals surface area (Å²) in [4.78, 5) is 10.6. The highest BCUT2D eigenvalue weighted by molar-refractivity contribution is 5.84. The van der Waals surface area contributed by atoms with Gasteiger partial charge in [-0.15, -0.1) is 0 Å². The van der Waals surface area contributed by atoms with E-state index in [4.69, 9.17) is 9.52 Å². The Labute approximate surface area is 103 Å². The van der Waals surface area contributed by atoms with Gasteiger partial charge < -0.3 is 14.8 Å². The first kappa shape index (κ1) is 12.2. The van der Waals surface area contributed by atoms with E-state index in [0.717, 1.165) is 5.56 Å². The molecule has 1 aromatic heterocycles. The molecule has 0 fully saturated rings. The zero-order valence-electron chi connectivity index (χ0n) is 9.68. The van der Waals surface area contributed by atoms with Gasteiger partial charge in [-0.2, -0.15) is 0 Å². The van der Waals surface area contributed by atoms with Crippen molar-refractivity contribution in [1.29, 1.82) is 0 Å². The van der Waals surface area contributed by atoms with Crippen molar-refractivity contribution < 1.29 is 18.7 Å². The molecule has 1 unspecified atom stereocenters. The number of hydrogen-bond donors (Lipinski definition) is 2. The van der Waals surface area contributed by atoms with Gasteiger partial charge in [0.05, 0.1) is 6.04 Å². The average Bonchev–Trinajstić information content (AvgIpc) is 2.78. The normalized spacial score (nSPS) is 12.1. The molecule has 0 bridgehead atoms. The number of rotatable bonds is 4. The predicted octanol–water partition coefficient (Wildman–Crippen LogP) is 3.29. The van der Waals surface area contributed by atoms with Crippen molar-refractivity contribution in [3.63, 3.8) is 0 Å². The van der Waals surface area contributed by atoms with Crippen LogP contribution in [0.25, 0.3) is 0 Å². The van der Waals surface area contributed by atoms with Crippen LogP contribution in [0.2, 0.25) is 0 Å². The van der Waals surface area contributed by atoms with Crippen LogP contribution >= 0.6 is 0 Å². The van der Waals surface area contributed by atoms with Crippen molar-refractivity contribution in [2.24, 2.45) is 0 Å². The highest BCUT2D eigenvalue weighted by Crippen LogP contribution is 2.21. The van der Waals surface area contributed by atoms with E-state index in [1.807, 2.05) is 6.92 Å². The summed E-state index contributed by atoms with van der Waals surface area (Å²) in [6.45, 7) is 1.87. The fourth-order valence-electron chi connectivity index (χ4n) is 1.58. The largest absolute Gasteiger partial charge is 0.475 e. The summed E-state index contributed by atoms with van der Waals surface area (Å²) in [7, 11) is 0. The van der Waals surface area contributed by atoms with Crippen molar-refractivity contribution in [3.05, 3.63) is 53.5 Å². The van der Waals surface area contributed by atoms with E-state index in [1.165, 1.54) is 18.2 Å². The van der Waals surface area contributed by atoms with Gasteiger partial charge in [0.2, 0.25) is 5.76 Å². The summed E-state index contributed by atoms with van der Waals surface area (Å²) in [5.41, 5.74) is 0.879. The Balaban J connectivity index is 2.08. The molecule has 0 radical (unpaired) electrons. The standard InChI is InChI=1S/C13H12FNO3/c1-8(9-2-4-10(14)5-3-9)15-12-7-6-11(18-12)13(16)17/h2-8,15H,1H3,(H,16,17). The van der Waals surface area contributed by atoms with Gasteiger partial charge in [0.1, 0.15) is 5.82 Å². The number of furan rings is 1. The molecule has 1 heterocycles. The van der Waals surface area contributed by atoms with E-state index < -0.39 is 5.97 Å². The van der Waals surface area contributed by atoms with Crippen molar-refractivity contribution in [2.75, 3.05) is 5.32 Å². The van der Waals surface area contributed by atoms with Crippen molar-refractivity contribution in [2.45, 2.75) is 13.0 Å². The van der Waals surface area contributed by atoms with Crippen LogP contribution in [-0.2, 0) is 0 Å². The van der Waals surface area contributed by atoms with Gasteiger partial charge in [-0.25, -0.2) is 9.18 Å². The molecule has 2 rings (SSSR count). The van der Waals surface area contributed by atoms with Crippen LogP contribution < -0.4 is 5.32 Å². The van der Waals surface area contributed by atoms with Crippen LogP contribution in [0.15, 0.2) is 40.8 Å². The molecule has 1 atom stereocenters. The molecule has 2 aromatic rings. The Kier molecular flexibility index (Phi) is 3.32. The molecule has 0 amide bonds. The molecule has 0 aliphatic carbocycles. The summed E-state index contributed by atoms with van der Waals surface area (Å²) < 4.78 is 17.8. The fourth-order valence-corrected chi connectivity index (χ4v) is 1.58. The topological polar surface area (TPSA) is 62.5 Å². The third-order valence-corrected chi connectivity index (χ3v) is 2.55. The van der Waals surface area contributed by atoms with Gasteiger partial charge >= 0.3 is 5.97 Å². The van der Waals surface area contributed by atoms with Gasteiger partial charge in [-0.1, -0.05) is 12.1 Å². The van der Waals surface area contributed by atoms with Crippen molar-refractivity contribution in [1.82, 2.24) is 0 Å². The van der Waals surface area contributed by atoms with Gasteiger partial charge in [-0.05, 0) is 30.7 Å². The molecule has 18 heavy (non-hydrogen) atoms. The van der Waals surface area contributed by atoms with Crippen LogP contribution in [0.1, 0.15) is 29.1 Å². The first-order valence-electron chi connectivity index (χ1n) is 5.41. The zero-order chi connectivity index (χ0) is 13.1. The number of halogens is 1. The number of carboxylic acid groups (broad SMARTS) is 1. The van der Waals surface area contributed by atoms with E-state index in [9.17, 15) is 9.18 Å². The summed E-state index contributed by atoms with van der Waals surface area (Å²) >= 11 is 0. The molecule has 0 spiro atoms. The quantitative estimate of drug-likeness (QED) is 0.872. The van der Waals surface area contributed by atoms with Gasteiger partial charge in [-0.3, -0.25) is 0 Å². The monoisotopic (exact) mass is 249 g/mol. The summed E-state index contributed by atoms with van der Waals surface area (Å²) in [5.74, 6) is -1.16. The molecule has 0 aliphatic rings. The number of anilines is 1. The molecule has 94 valence electrons. The number of hydrogen-bond acceptors (Lipinski definition) is 3. The molecular weight excluding hydrogens is 237 g/mol. The van der Waals surface area contributed by atoms with E-state index >= 15 is 0 Å². The summed E-state index contributed by atoms with van der Waals surface area (Å²) in [6.07, 6.45) is 0. The van der Waals surface area contributed by atoms with Crippen LogP contribution in [0.5, 0.6) is 0 Å². The van der Waals surface area contributed by atoms with Crippen LogP contribution in [0.3, 0.4) is 0 Å². The Hall–Kier alpha value is -2.30. The van der Waals surface area contributed by atoms with Crippen molar-refractivity contribution >= 4 is 11.9 Å². The first-order chi connectivity index (χ1) is 8.56. The number of benzene rings is 1. The fraction of sp³-hybridized carbons (Fsp3) is 0.154. The predicted molar refractivity (Wildman–Crippen MR) is 64.1 cm³/mol. The molecule has 2 N–H and O–H groups in total. The van der Waals surface area contributed by atoms with E-state index in [1.54, 1.807) is 18.2 Å². The molecule has 0 aliphatic heterocycles. The Morgan fingerprint density at radius 1 is 1.28 bits per heavy atom. The first-order valence-corrected chi connectivity index (χ1v) is 5.41. The number of aromatic carboxylic acids is 1. The maximum atomic E-state index is 12.8. The lowest BCUT2D eigenvalue weighted by Crippen LogP contribution is -2.05. The van der Waals surface area contributed by atoms with Gasteiger partial charge in [0.25, 0.3) is 0 Å². The molecular formula is C13H12FNO3. The second kappa shape index (κ2) is 4.91. The Morgan fingerprint density at radius 2 is 1.94 bits per heavy atom. The maximum absolute atomic E-state index is 12.8. The number of carbonyl (C=O) groups is 1. The summed E-state index contributed by atoms with van der Waals surface area (Å²) in [6, 6.07) is 8.88. The zero-order valence-corrected chi connectivity index (χ0v) is 9.68. The molecule has 0 saturated carbocycles. The minimum absolute atomic E-state index is 0.113. The third kappa shape index (κ3) is 2.68. The van der Waals surface area contributed by atoms with Crippen LogP contribution in [-0.4, -0.2) is 11.1 Å². The lowest BCUT2D eigenvalue weighted by Gasteiger charge is -2.13. The number of nitrogens with one attached hydrogen (secondary N) is 1. The highest BCUT2D eigenvalue weighted by Gasteiger charge is 2.11. The Morgan fingerprint density at radius 3 is 2.50 bits per heavy atom. The second-order valence-corrected chi connectivity index (χ2v) is 3.89. The average molecular weight is 249 g/mol. The van der Waals surface area contributed by atoms with E-state index in [0.29, 0.717) is 5.88 Å². The smallest absolute Gasteiger partial charge is 0.371 e. The third-order valence-electron chi connectivity index (χ3n) is 2.55. The molecule has 0 saturated heterocycles. The molecule has 1 aromatic carbocycles. The Bertz CT molecular complexity index is 548. The maximum Gasteiger partial charge on any atom is 0.371 e. The van der Waals surface area contributed by atoms with Crippen molar-refractivity contribution in [3.8, 4) is 0 Å². The van der Waals surface area contributed by atoms with Gasteiger partial charge in [0, 0.05) is 6.07 Å². The number of carboxylic acids is 1. The highest BCUT2D eigenvalue weighted by atomic mass is 19.1. The lowest BCUT2D eigenvalue weighted by atomic mass is 10.1. The molecule has 4 nitrogen and oxygen atoms in total. The van der Waals surface area contributed by atoms with Crippen LogP contribution in [0, 0.1) is 5.82 Å². The van der Waals surface area contributed by atoms with E-state index in [-0.39, 0.29) is 17.6 Å². The van der Waals surface area contributed by atoms with Gasteiger partial charge in [0.15, 0.2) is 5.88 Å². The van der Waals surface area contributed by atoms with E-state index in [2.05, 4.69) is 5.32 Å². The molecule has 5 heteroatoms. The minimum Gasteiger partial charge on any atom is -0.475 e. The summed E-state index contributed by atoms with van der Waals surface area (Å²) in [5, 5.41) is 11.7. The SMILES string of the molecule is CC(Nc1ccc(C(=O)O)o1)c1ccc(F)cc1. The second-order valence-electron chi connectivity index (χ2n) is 3.89.